The molecule has 0 spiro atoms. The van der Waals surface area contributed by atoms with Crippen molar-refractivity contribution in [3.8, 4) is 0 Å². The molecule has 0 amide bonds. The predicted octanol–water partition coefficient (Wildman–Crippen LogP) is 4.37. The van der Waals surface area contributed by atoms with E-state index in [1.807, 2.05) is 0 Å². The van der Waals surface area contributed by atoms with Crippen LogP contribution in [-0.2, 0) is 14.3 Å². The summed E-state index contributed by atoms with van der Waals surface area (Å²) in [5.41, 5.74) is 3.33. The fraction of sp³-hybridized carbons (Fsp3) is 0.700. The van der Waals surface area contributed by atoms with E-state index in [1.54, 1.807) is 0 Å². The first-order chi connectivity index (χ1) is 10.8. The number of carbonyl (C=O) groups excluding carboxylic acids is 2. The summed E-state index contributed by atoms with van der Waals surface area (Å²) in [4.78, 5) is 24.5. The van der Waals surface area contributed by atoms with Gasteiger partial charge in [-0.25, -0.2) is 4.79 Å². The molecule has 2 aliphatic carbocycles. The molecule has 2 bridgehead atoms. The first kappa shape index (κ1) is 16.5. The molecule has 0 fully saturated rings. The molecule has 3 atom stereocenters. The van der Waals surface area contributed by atoms with Gasteiger partial charge in [-0.05, 0) is 55.4 Å². The Bertz CT molecular complexity index is 594. The maximum absolute atomic E-state index is 12.3. The van der Waals surface area contributed by atoms with Crippen LogP contribution in [0.15, 0.2) is 22.8 Å². The molecule has 3 aliphatic rings. The third-order valence-corrected chi connectivity index (χ3v) is 6.02. The lowest BCUT2D eigenvalue weighted by molar-refractivity contribution is -0.140. The Morgan fingerprint density at radius 1 is 1.26 bits per heavy atom. The van der Waals surface area contributed by atoms with E-state index >= 15 is 0 Å². The molecule has 0 saturated heterocycles. The van der Waals surface area contributed by atoms with Crippen LogP contribution < -0.4 is 0 Å². The SMILES string of the molecule is CC1=CCC2CCC3=C(C(CC(C)CC(=O)C1)OC3=O)C2(C)C. The Kier molecular flexibility index (Phi) is 4.24. The van der Waals surface area contributed by atoms with Gasteiger partial charge in [0.1, 0.15) is 11.9 Å². The van der Waals surface area contributed by atoms with Crippen LogP contribution in [0.25, 0.3) is 0 Å². The quantitative estimate of drug-likeness (QED) is 0.492. The number of carbonyl (C=O) groups is 2. The lowest BCUT2D eigenvalue weighted by atomic mass is 9.62. The van der Waals surface area contributed by atoms with Gasteiger partial charge in [-0.1, -0.05) is 32.4 Å². The second kappa shape index (κ2) is 5.92. The molecular weight excluding hydrogens is 288 g/mol. The van der Waals surface area contributed by atoms with Crippen LogP contribution in [0.2, 0.25) is 0 Å². The van der Waals surface area contributed by atoms with E-state index in [0.29, 0.717) is 24.5 Å². The van der Waals surface area contributed by atoms with E-state index in [1.165, 1.54) is 11.1 Å². The van der Waals surface area contributed by atoms with E-state index in [0.717, 1.165) is 31.3 Å². The fourth-order valence-corrected chi connectivity index (χ4v) is 4.72. The molecule has 23 heavy (non-hydrogen) atoms. The van der Waals surface area contributed by atoms with Crippen LogP contribution in [0.5, 0.6) is 0 Å². The van der Waals surface area contributed by atoms with Gasteiger partial charge in [-0.2, -0.15) is 0 Å². The van der Waals surface area contributed by atoms with Crippen LogP contribution in [0.4, 0.5) is 0 Å². The lowest BCUT2D eigenvalue weighted by Crippen LogP contribution is -2.35. The van der Waals surface area contributed by atoms with E-state index in [4.69, 9.17) is 4.74 Å². The summed E-state index contributed by atoms with van der Waals surface area (Å²) in [7, 11) is 0. The zero-order chi connectivity index (χ0) is 16.8. The molecule has 0 saturated carbocycles. The van der Waals surface area contributed by atoms with Gasteiger partial charge in [0.25, 0.3) is 0 Å². The van der Waals surface area contributed by atoms with Gasteiger partial charge in [0.05, 0.1) is 0 Å². The van der Waals surface area contributed by atoms with Crippen molar-refractivity contribution in [1.82, 2.24) is 0 Å². The maximum Gasteiger partial charge on any atom is 0.334 e. The van der Waals surface area contributed by atoms with Crippen LogP contribution >= 0.6 is 0 Å². The lowest BCUT2D eigenvalue weighted by Gasteiger charge is -2.41. The number of fused-ring (bicyclic) bond motifs is 1. The Hall–Kier alpha value is -1.38. The Morgan fingerprint density at radius 3 is 2.74 bits per heavy atom. The second-order valence-electron chi connectivity index (χ2n) is 8.29. The number of hydrogen-bond donors (Lipinski definition) is 0. The number of Topliss-reactive ketones (excluding diaryl/α,β-unsaturated/α-hetero) is 1. The van der Waals surface area contributed by atoms with E-state index in [-0.39, 0.29) is 23.4 Å². The molecule has 0 N–H and O–H groups in total. The van der Waals surface area contributed by atoms with Gasteiger partial charge in [0.15, 0.2) is 0 Å². The van der Waals surface area contributed by atoms with Gasteiger partial charge in [0.2, 0.25) is 0 Å². The van der Waals surface area contributed by atoms with E-state index in [9.17, 15) is 9.59 Å². The number of hydrogen-bond acceptors (Lipinski definition) is 3. The molecule has 0 aromatic heterocycles. The van der Waals surface area contributed by atoms with E-state index in [2.05, 4.69) is 33.8 Å². The van der Waals surface area contributed by atoms with Crippen molar-refractivity contribution < 1.29 is 14.3 Å². The van der Waals surface area contributed by atoms with Gasteiger partial charge in [-0.15, -0.1) is 0 Å². The molecule has 0 radical (unpaired) electrons. The van der Waals surface area contributed by atoms with Gasteiger partial charge >= 0.3 is 5.97 Å². The Morgan fingerprint density at radius 2 is 2.00 bits per heavy atom. The summed E-state index contributed by atoms with van der Waals surface area (Å²) in [5, 5.41) is 0. The van der Waals surface area contributed by atoms with Crippen molar-refractivity contribution >= 4 is 11.8 Å². The standard InChI is InChI=1S/C20H28O3/c1-12-5-6-14-7-8-16-18(20(14,3)4)17(23-19(16)22)11-13(2)10-15(21)9-12/h5,13-14,17H,6-11H2,1-4H3. The monoisotopic (exact) mass is 316 g/mol. The van der Waals surface area contributed by atoms with Crippen LogP contribution in [0.1, 0.15) is 66.2 Å². The molecule has 0 aromatic rings. The van der Waals surface area contributed by atoms with E-state index < -0.39 is 0 Å². The summed E-state index contributed by atoms with van der Waals surface area (Å²) < 4.78 is 5.72. The smallest absolute Gasteiger partial charge is 0.334 e. The average Bonchev–Trinajstić information content (AvgIpc) is 2.73. The van der Waals surface area contributed by atoms with Crippen LogP contribution in [0.3, 0.4) is 0 Å². The molecule has 3 rings (SSSR count). The van der Waals surface area contributed by atoms with Gasteiger partial charge in [-0.3, -0.25) is 4.79 Å². The zero-order valence-corrected chi connectivity index (χ0v) is 14.8. The summed E-state index contributed by atoms with van der Waals surface area (Å²) in [5.74, 6) is 0.944. The van der Waals surface area contributed by atoms with Crippen molar-refractivity contribution in [3.05, 3.63) is 22.8 Å². The second-order valence-corrected chi connectivity index (χ2v) is 8.29. The van der Waals surface area contributed by atoms with Crippen molar-refractivity contribution in [3.63, 3.8) is 0 Å². The third-order valence-electron chi connectivity index (χ3n) is 6.02. The molecule has 1 aliphatic heterocycles. The molecule has 3 heteroatoms. The Balaban J connectivity index is 2.00. The first-order valence-electron chi connectivity index (χ1n) is 8.91. The number of allylic oxidation sites excluding steroid dienone is 2. The molecular formula is C20H28O3. The number of esters is 1. The molecule has 0 aromatic carbocycles. The van der Waals surface area contributed by atoms with Crippen molar-refractivity contribution in [2.75, 3.05) is 0 Å². The number of ketones is 1. The Labute approximate surface area is 139 Å². The number of ether oxygens (including phenoxy) is 1. The summed E-state index contributed by atoms with van der Waals surface area (Å²) in [6, 6.07) is 0. The average molecular weight is 316 g/mol. The largest absolute Gasteiger partial charge is 0.454 e. The molecule has 126 valence electrons. The highest BCUT2D eigenvalue weighted by molar-refractivity contribution is 5.93. The maximum atomic E-state index is 12.3. The minimum absolute atomic E-state index is 0.00981. The van der Waals surface area contributed by atoms with Crippen molar-refractivity contribution in [1.29, 1.82) is 0 Å². The third kappa shape index (κ3) is 3.02. The molecule has 3 nitrogen and oxygen atoms in total. The van der Waals surface area contributed by atoms with Crippen LogP contribution in [0, 0.1) is 17.3 Å². The predicted molar refractivity (Wildman–Crippen MR) is 89.8 cm³/mol. The first-order valence-corrected chi connectivity index (χ1v) is 8.91. The topological polar surface area (TPSA) is 43.4 Å². The molecule has 3 unspecified atom stereocenters. The summed E-state index contributed by atoms with van der Waals surface area (Å²) in [6.45, 7) is 8.71. The fourth-order valence-electron chi connectivity index (χ4n) is 4.72. The summed E-state index contributed by atoms with van der Waals surface area (Å²) >= 11 is 0. The highest BCUT2D eigenvalue weighted by Gasteiger charge is 2.48. The van der Waals surface area contributed by atoms with Gasteiger partial charge < -0.3 is 4.74 Å². The molecule has 1 heterocycles. The van der Waals surface area contributed by atoms with Crippen LogP contribution in [-0.4, -0.2) is 17.9 Å². The van der Waals surface area contributed by atoms with Gasteiger partial charge in [0, 0.05) is 18.4 Å². The van der Waals surface area contributed by atoms with Crippen molar-refractivity contribution in [2.24, 2.45) is 17.3 Å². The highest BCUT2D eigenvalue weighted by atomic mass is 16.5. The minimum atomic E-state index is -0.123. The number of rotatable bonds is 0. The highest BCUT2D eigenvalue weighted by Crippen LogP contribution is 2.52. The van der Waals surface area contributed by atoms with Crippen molar-refractivity contribution in [2.45, 2.75) is 72.3 Å². The zero-order valence-electron chi connectivity index (χ0n) is 14.8. The summed E-state index contributed by atoms with van der Waals surface area (Å²) in [6.07, 6.45) is 6.90. The minimum Gasteiger partial charge on any atom is -0.454 e. The normalized spacial score (nSPS) is 34.4.